The summed E-state index contributed by atoms with van der Waals surface area (Å²) in [4.78, 5) is 12.7. The molecule has 0 N–H and O–H groups in total. The Morgan fingerprint density at radius 2 is 1.76 bits per heavy atom. The molecule has 1 aliphatic rings. The van der Waals surface area contributed by atoms with Crippen LogP contribution in [0.25, 0.3) is 22.4 Å². The zero-order valence-corrected chi connectivity index (χ0v) is 18.8. The quantitative estimate of drug-likeness (QED) is 0.356. The third-order valence-electron chi connectivity index (χ3n) is 5.21. The molecule has 0 bridgehead atoms. The van der Waals surface area contributed by atoms with E-state index in [9.17, 15) is 4.79 Å². The van der Waals surface area contributed by atoms with Gasteiger partial charge in [-0.15, -0.1) is 0 Å². The predicted molar refractivity (Wildman–Crippen MR) is 121 cm³/mol. The molecule has 2 aromatic carbocycles. The molecule has 5 nitrogen and oxygen atoms in total. The summed E-state index contributed by atoms with van der Waals surface area (Å²) in [6.07, 6.45) is 0.801. The Labute approximate surface area is 183 Å². The number of methoxy groups -OCH3 is 2. The van der Waals surface area contributed by atoms with Crippen molar-refractivity contribution in [2.75, 3.05) is 20.8 Å². The Kier molecular flexibility index (Phi) is 5.54. The average molecular weight is 503 g/mol. The van der Waals surface area contributed by atoms with Crippen molar-refractivity contribution in [3.63, 3.8) is 0 Å². The Morgan fingerprint density at radius 3 is 2.45 bits per heavy atom. The number of carbonyl (C=O) groups is 1. The van der Waals surface area contributed by atoms with Crippen LogP contribution in [0.4, 0.5) is 0 Å². The highest BCUT2D eigenvalue weighted by atomic mass is 127. The highest BCUT2D eigenvalue weighted by molar-refractivity contribution is 14.1. The fourth-order valence-electron chi connectivity index (χ4n) is 3.91. The maximum Gasteiger partial charge on any atom is 0.354 e. The number of benzene rings is 2. The molecule has 0 fully saturated rings. The van der Waals surface area contributed by atoms with Gasteiger partial charge in [-0.3, -0.25) is 0 Å². The normalized spacial score (nSPS) is 12.1. The van der Waals surface area contributed by atoms with E-state index in [1.807, 2.05) is 37.3 Å². The number of nitrogens with zero attached hydrogens (tertiary/aromatic N) is 1. The molecule has 1 aliphatic heterocycles. The minimum Gasteiger partial charge on any atom is -0.493 e. The summed E-state index contributed by atoms with van der Waals surface area (Å²) in [5, 5.41) is 0. The highest BCUT2D eigenvalue weighted by Crippen LogP contribution is 2.45. The van der Waals surface area contributed by atoms with Crippen LogP contribution in [0.2, 0.25) is 0 Å². The molecule has 0 saturated carbocycles. The van der Waals surface area contributed by atoms with E-state index in [0.717, 1.165) is 32.4 Å². The van der Waals surface area contributed by atoms with E-state index in [-0.39, 0.29) is 5.97 Å². The van der Waals surface area contributed by atoms with E-state index in [4.69, 9.17) is 14.2 Å². The van der Waals surface area contributed by atoms with Gasteiger partial charge < -0.3 is 18.8 Å². The van der Waals surface area contributed by atoms with E-state index in [1.54, 1.807) is 14.2 Å². The molecule has 29 heavy (non-hydrogen) atoms. The van der Waals surface area contributed by atoms with E-state index < -0.39 is 0 Å². The van der Waals surface area contributed by atoms with Gasteiger partial charge in [0.15, 0.2) is 11.5 Å². The predicted octanol–water partition coefficient (Wildman–Crippen LogP) is 5.18. The van der Waals surface area contributed by atoms with E-state index in [2.05, 4.69) is 39.3 Å². The number of fused-ring (bicyclic) bond motifs is 3. The third-order valence-corrected chi connectivity index (χ3v) is 6.16. The van der Waals surface area contributed by atoms with Crippen LogP contribution in [0.3, 0.4) is 0 Å². The molecule has 150 valence electrons. The summed E-state index contributed by atoms with van der Waals surface area (Å²) in [5.41, 5.74) is 5.94. The first-order valence-electron chi connectivity index (χ1n) is 9.49. The molecule has 0 spiro atoms. The molecule has 0 radical (unpaired) electrons. The molecule has 2 heterocycles. The number of aryl methyl sites for hydroxylation is 1. The molecule has 0 amide bonds. The van der Waals surface area contributed by atoms with Gasteiger partial charge in [0.05, 0.1) is 26.5 Å². The molecule has 3 aromatic rings. The van der Waals surface area contributed by atoms with Crippen LogP contribution in [0, 0.1) is 3.57 Å². The van der Waals surface area contributed by atoms with Crippen molar-refractivity contribution in [2.24, 2.45) is 0 Å². The van der Waals surface area contributed by atoms with Gasteiger partial charge in [-0.25, -0.2) is 4.79 Å². The zero-order chi connectivity index (χ0) is 20.5. The lowest BCUT2D eigenvalue weighted by atomic mass is 9.93. The van der Waals surface area contributed by atoms with Crippen molar-refractivity contribution in [2.45, 2.75) is 19.9 Å². The molecular formula is C23H22INO4. The van der Waals surface area contributed by atoms with Crippen LogP contribution >= 0.6 is 22.6 Å². The molecular weight excluding hydrogens is 481 g/mol. The number of aromatic nitrogens is 1. The Morgan fingerprint density at radius 1 is 1.03 bits per heavy atom. The number of hydrogen-bond acceptors (Lipinski definition) is 4. The van der Waals surface area contributed by atoms with Crippen molar-refractivity contribution in [3.8, 4) is 33.9 Å². The molecule has 0 aliphatic carbocycles. The lowest BCUT2D eigenvalue weighted by Gasteiger charge is -2.24. The van der Waals surface area contributed by atoms with Gasteiger partial charge in [0, 0.05) is 21.2 Å². The number of carbonyl (C=O) groups excluding carboxylic acids is 1. The van der Waals surface area contributed by atoms with Gasteiger partial charge in [-0.05, 0) is 71.3 Å². The fourth-order valence-corrected chi connectivity index (χ4v) is 4.59. The number of esters is 1. The second-order valence-corrected chi connectivity index (χ2v) is 7.92. The average Bonchev–Trinajstić information content (AvgIpc) is 3.13. The lowest BCUT2D eigenvalue weighted by molar-refractivity contribution is 0.0514. The summed E-state index contributed by atoms with van der Waals surface area (Å²) in [6.45, 7) is 2.87. The van der Waals surface area contributed by atoms with Gasteiger partial charge in [0.2, 0.25) is 0 Å². The molecule has 0 unspecified atom stereocenters. The van der Waals surface area contributed by atoms with Crippen molar-refractivity contribution in [1.82, 2.24) is 4.57 Å². The Hall–Kier alpha value is -2.48. The van der Waals surface area contributed by atoms with E-state index >= 15 is 0 Å². The molecule has 6 heteroatoms. The summed E-state index contributed by atoms with van der Waals surface area (Å²) < 4.78 is 19.6. The van der Waals surface area contributed by atoms with Gasteiger partial charge in [0.25, 0.3) is 0 Å². The van der Waals surface area contributed by atoms with Crippen molar-refractivity contribution in [1.29, 1.82) is 0 Å². The van der Waals surface area contributed by atoms with Crippen LogP contribution < -0.4 is 9.47 Å². The van der Waals surface area contributed by atoms with Crippen molar-refractivity contribution in [3.05, 3.63) is 57.3 Å². The standard InChI is InChI=1S/C23H22INO4/c1-4-29-23(26)19-12-17(15-7-5-6-8-18(15)24)22-16-13-21(28-3)20(27-2)11-14(16)9-10-25(19)22/h5-8,11-13H,4,9-10H2,1-3H3. The van der Waals surface area contributed by atoms with Crippen LogP contribution in [-0.4, -0.2) is 31.4 Å². The topological polar surface area (TPSA) is 49.7 Å². The summed E-state index contributed by atoms with van der Waals surface area (Å²) >= 11 is 2.34. The van der Waals surface area contributed by atoms with Gasteiger partial charge in [0.1, 0.15) is 5.69 Å². The zero-order valence-electron chi connectivity index (χ0n) is 16.6. The maximum absolute atomic E-state index is 12.7. The Balaban J connectivity index is 2.01. The number of halogens is 1. The minimum absolute atomic E-state index is 0.296. The second-order valence-electron chi connectivity index (χ2n) is 6.76. The maximum atomic E-state index is 12.7. The van der Waals surface area contributed by atoms with Gasteiger partial charge in [-0.1, -0.05) is 18.2 Å². The van der Waals surface area contributed by atoms with Crippen LogP contribution in [0.15, 0.2) is 42.5 Å². The smallest absolute Gasteiger partial charge is 0.354 e. The van der Waals surface area contributed by atoms with Gasteiger partial charge in [-0.2, -0.15) is 0 Å². The molecule has 1 aromatic heterocycles. The molecule has 4 rings (SSSR count). The van der Waals surface area contributed by atoms with E-state index in [1.165, 1.54) is 5.56 Å². The highest BCUT2D eigenvalue weighted by Gasteiger charge is 2.29. The Bertz CT molecular complexity index is 1090. The first-order chi connectivity index (χ1) is 14.1. The molecule has 0 saturated heterocycles. The van der Waals surface area contributed by atoms with Gasteiger partial charge >= 0.3 is 5.97 Å². The lowest BCUT2D eigenvalue weighted by Crippen LogP contribution is -2.17. The SMILES string of the molecule is CCOC(=O)c1cc(-c2ccccc2I)c2n1CCc1cc(OC)c(OC)cc1-2. The fraction of sp³-hybridized carbons (Fsp3) is 0.261. The number of ether oxygens (including phenoxy) is 3. The summed E-state index contributed by atoms with van der Waals surface area (Å²) in [6, 6.07) is 14.2. The first kappa shape index (κ1) is 19.8. The second kappa shape index (κ2) is 8.10. The van der Waals surface area contributed by atoms with Crippen molar-refractivity contribution < 1.29 is 19.0 Å². The first-order valence-corrected chi connectivity index (χ1v) is 10.6. The van der Waals surface area contributed by atoms with E-state index in [0.29, 0.717) is 30.3 Å². The number of hydrogen-bond donors (Lipinski definition) is 0. The minimum atomic E-state index is -0.296. The van der Waals surface area contributed by atoms with Crippen LogP contribution in [-0.2, 0) is 17.7 Å². The largest absolute Gasteiger partial charge is 0.493 e. The summed E-state index contributed by atoms with van der Waals surface area (Å²) in [5.74, 6) is 1.09. The van der Waals surface area contributed by atoms with Crippen molar-refractivity contribution >= 4 is 28.6 Å². The van der Waals surface area contributed by atoms with Crippen LogP contribution in [0.1, 0.15) is 23.0 Å². The van der Waals surface area contributed by atoms with Crippen LogP contribution in [0.5, 0.6) is 11.5 Å². The number of rotatable bonds is 5. The monoisotopic (exact) mass is 503 g/mol. The molecule has 0 atom stereocenters. The summed E-state index contributed by atoms with van der Waals surface area (Å²) in [7, 11) is 3.28. The third kappa shape index (κ3) is 3.39.